The summed E-state index contributed by atoms with van der Waals surface area (Å²) in [5.41, 5.74) is 0. The topological polar surface area (TPSA) is 23.5 Å². The summed E-state index contributed by atoms with van der Waals surface area (Å²) in [4.78, 5) is 2.48. The second-order valence-corrected chi connectivity index (χ2v) is 4.34. The zero-order valence-corrected chi connectivity index (χ0v) is 10.3. The van der Waals surface area contributed by atoms with Gasteiger partial charge in [-0.25, -0.2) is 0 Å². The van der Waals surface area contributed by atoms with Gasteiger partial charge in [-0.05, 0) is 31.2 Å². The van der Waals surface area contributed by atoms with E-state index in [0.717, 1.165) is 12.5 Å². The summed E-state index contributed by atoms with van der Waals surface area (Å²) in [5.74, 6) is 1.29. The highest BCUT2D eigenvalue weighted by Gasteiger charge is 2.19. The SMILES string of the molecule is CC.CC(C)CN1CCCC(CO)C1. The van der Waals surface area contributed by atoms with E-state index in [-0.39, 0.29) is 0 Å². The van der Waals surface area contributed by atoms with Gasteiger partial charge in [-0.2, -0.15) is 0 Å². The van der Waals surface area contributed by atoms with E-state index in [4.69, 9.17) is 5.11 Å². The third-order valence-corrected chi connectivity index (χ3v) is 2.48. The first-order valence-electron chi connectivity index (χ1n) is 6.05. The quantitative estimate of drug-likeness (QED) is 0.758. The summed E-state index contributed by atoms with van der Waals surface area (Å²) in [7, 11) is 0. The summed E-state index contributed by atoms with van der Waals surface area (Å²) >= 11 is 0. The first kappa shape index (κ1) is 13.9. The Bertz CT molecular complexity index is 125. The van der Waals surface area contributed by atoms with Gasteiger partial charge in [-0.1, -0.05) is 27.7 Å². The van der Waals surface area contributed by atoms with Crippen LogP contribution in [0.15, 0.2) is 0 Å². The molecule has 0 saturated carbocycles. The summed E-state index contributed by atoms with van der Waals surface area (Å²) in [6.45, 7) is 12.4. The van der Waals surface area contributed by atoms with Gasteiger partial charge in [-0.15, -0.1) is 0 Å². The molecule has 1 aliphatic rings. The third-order valence-electron chi connectivity index (χ3n) is 2.48. The van der Waals surface area contributed by atoms with Gasteiger partial charge >= 0.3 is 0 Å². The van der Waals surface area contributed by atoms with Crippen LogP contribution in [0.5, 0.6) is 0 Å². The lowest BCUT2D eigenvalue weighted by Crippen LogP contribution is -2.38. The third kappa shape index (κ3) is 5.61. The minimum atomic E-state index is 0.370. The number of hydrogen-bond donors (Lipinski definition) is 1. The van der Waals surface area contributed by atoms with E-state index >= 15 is 0 Å². The van der Waals surface area contributed by atoms with Gasteiger partial charge in [0.1, 0.15) is 0 Å². The molecule has 0 aromatic carbocycles. The van der Waals surface area contributed by atoms with Crippen molar-refractivity contribution < 1.29 is 5.11 Å². The molecule has 0 aromatic rings. The fourth-order valence-electron chi connectivity index (χ4n) is 1.98. The number of rotatable bonds is 3. The van der Waals surface area contributed by atoms with Crippen LogP contribution in [0.4, 0.5) is 0 Å². The van der Waals surface area contributed by atoms with Crippen molar-refractivity contribution in [1.82, 2.24) is 4.90 Å². The van der Waals surface area contributed by atoms with E-state index in [1.165, 1.54) is 25.9 Å². The van der Waals surface area contributed by atoms with E-state index in [9.17, 15) is 0 Å². The maximum Gasteiger partial charge on any atom is 0.0471 e. The molecular formula is C12H27NO. The zero-order valence-electron chi connectivity index (χ0n) is 10.3. The van der Waals surface area contributed by atoms with Crippen molar-refractivity contribution in [2.45, 2.75) is 40.5 Å². The lowest BCUT2D eigenvalue weighted by Gasteiger charge is -2.32. The zero-order chi connectivity index (χ0) is 11.0. The van der Waals surface area contributed by atoms with E-state index in [0.29, 0.717) is 12.5 Å². The largest absolute Gasteiger partial charge is 0.396 e. The Kier molecular flexibility index (Phi) is 8.20. The molecule has 0 aromatic heterocycles. The maximum absolute atomic E-state index is 9.02. The second-order valence-electron chi connectivity index (χ2n) is 4.34. The van der Waals surface area contributed by atoms with Crippen molar-refractivity contribution in [3.8, 4) is 0 Å². The van der Waals surface area contributed by atoms with E-state index < -0.39 is 0 Å². The molecule has 0 aliphatic carbocycles. The number of nitrogens with zero attached hydrogens (tertiary/aromatic N) is 1. The molecule has 0 bridgehead atoms. The highest BCUT2D eigenvalue weighted by Crippen LogP contribution is 2.16. The van der Waals surface area contributed by atoms with Crippen molar-refractivity contribution in [2.24, 2.45) is 11.8 Å². The van der Waals surface area contributed by atoms with Gasteiger partial charge in [-0.3, -0.25) is 0 Å². The number of likely N-dealkylation sites (tertiary alicyclic amines) is 1. The van der Waals surface area contributed by atoms with Crippen LogP contribution < -0.4 is 0 Å². The van der Waals surface area contributed by atoms with E-state index in [1.54, 1.807) is 0 Å². The molecule has 0 radical (unpaired) electrons. The molecule has 1 unspecified atom stereocenters. The van der Waals surface area contributed by atoms with Gasteiger partial charge in [0.15, 0.2) is 0 Å². The molecule has 86 valence electrons. The molecule has 2 heteroatoms. The van der Waals surface area contributed by atoms with E-state index in [2.05, 4.69) is 18.7 Å². The van der Waals surface area contributed by atoms with Crippen molar-refractivity contribution in [1.29, 1.82) is 0 Å². The summed E-state index contributed by atoms with van der Waals surface area (Å²) in [6, 6.07) is 0. The first-order valence-corrected chi connectivity index (χ1v) is 6.05. The van der Waals surface area contributed by atoms with E-state index in [1.807, 2.05) is 13.8 Å². The maximum atomic E-state index is 9.02. The Morgan fingerprint density at radius 3 is 2.50 bits per heavy atom. The summed E-state index contributed by atoms with van der Waals surface area (Å²) in [6.07, 6.45) is 2.48. The van der Waals surface area contributed by atoms with Crippen LogP contribution in [0.1, 0.15) is 40.5 Å². The molecule has 1 heterocycles. The Hall–Kier alpha value is -0.0800. The van der Waals surface area contributed by atoms with Crippen LogP contribution in [-0.2, 0) is 0 Å². The normalized spacial score (nSPS) is 23.1. The number of hydrogen-bond acceptors (Lipinski definition) is 2. The fraction of sp³-hybridized carbons (Fsp3) is 1.00. The molecule has 0 spiro atoms. The monoisotopic (exact) mass is 201 g/mol. The van der Waals surface area contributed by atoms with Crippen molar-refractivity contribution in [3.05, 3.63) is 0 Å². The van der Waals surface area contributed by atoms with Crippen LogP contribution >= 0.6 is 0 Å². The van der Waals surface area contributed by atoms with Gasteiger partial charge < -0.3 is 10.0 Å². The number of aliphatic hydroxyl groups is 1. The standard InChI is InChI=1S/C10H21NO.C2H6/c1-9(2)6-11-5-3-4-10(7-11)8-12;1-2/h9-10,12H,3-8H2,1-2H3;1-2H3. The molecule has 1 rings (SSSR count). The number of aliphatic hydroxyl groups excluding tert-OH is 1. The molecule has 14 heavy (non-hydrogen) atoms. The van der Waals surface area contributed by atoms with Gasteiger partial charge in [0.25, 0.3) is 0 Å². The lowest BCUT2D eigenvalue weighted by molar-refractivity contribution is 0.112. The molecule has 1 fully saturated rings. The molecule has 1 N–H and O–H groups in total. The lowest BCUT2D eigenvalue weighted by atomic mass is 9.98. The molecule has 2 nitrogen and oxygen atoms in total. The molecule has 1 atom stereocenters. The van der Waals surface area contributed by atoms with Crippen molar-refractivity contribution >= 4 is 0 Å². The fourth-order valence-corrected chi connectivity index (χ4v) is 1.98. The smallest absolute Gasteiger partial charge is 0.0471 e. The summed E-state index contributed by atoms with van der Waals surface area (Å²) < 4.78 is 0. The van der Waals surface area contributed by atoms with Gasteiger partial charge in [0, 0.05) is 19.7 Å². The second kappa shape index (κ2) is 8.25. The predicted octanol–water partition coefficient (Wildman–Crippen LogP) is 2.37. The molecular weight excluding hydrogens is 174 g/mol. The molecule has 1 aliphatic heterocycles. The number of piperidine rings is 1. The highest BCUT2D eigenvalue weighted by atomic mass is 16.3. The van der Waals surface area contributed by atoms with Crippen molar-refractivity contribution in [3.63, 3.8) is 0 Å². The molecule has 0 amide bonds. The average molecular weight is 201 g/mol. The first-order chi connectivity index (χ1) is 6.72. The minimum absolute atomic E-state index is 0.370. The molecule has 1 saturated heterocycles. The summed E-state index contributed by atoms with van der Waals surface area (Å²) in [5, 5.41) is 9.02. The predicted molar refractivity (Wildman–Crippen MR) is 62.4 cm³/mol. The Labute approximate surface area is 89.3 Å². The minimum Gasteiger partial charge on any atom is -0.396 e. The van der Waals surface area contributed by atoms with Gasteiger partial charge in [0.2, 0.25) is 0 Å². The Morgan fingerprint density at radius 2 is 2.00 bits per heavy atom. The van der Waals surface area contributed by atoms with Crippen LogP contribution in [0.25, 0.3) is 0 Å². The van der Waals surface area contributed by atoms with Crippen LogP contribution in [0, 0.1) is 11.8 Å². The Balaban J connectivity index is 0.000000791. The van der Waals surface area contributed by atoms with Crippen LogP contribution in [0.3, 0.4) is 0 Å². The van der Waals surface area contributed by atoms with Crippen LogP contribution in [0.2, 0.25) is 0 Å². The Morgan fingerprint density at radius 1 is 1.36 bits per heavy atom. The highest BCUT2D eigenvalue weighted by molar-refractivity contribution is 4.72. The average Bonchev–Trinajstić information content (AvgIpc) is 2.20. The van der Waals surface area contributed by atoms with Crippen LogP contribution in [-0.4, -0.2) is 36.2 Å². The van der Waals surface area contributed by atoms with Gasteiger partial charge in [0.05, 0.1) is 0 Å². The van der Waals surface area contributed by atoms with Crippen molar-refractivity contribution in [2.75, 3.05) is 26.2 Å².